The van der Waals surface area contributed by atoms with Crippen molar-refractivity contribution in [3.05, 3.63) is 38.9 Å². The van der Waals surface area contributed by atoms with Crippen LogP contribution < -0.4 is 5.32 Å². The van der Waals surface area contributed by atoms with Gasteiger partial charge in [-0.15, -0.1) is 0 Å². The lowest BCUT2D eigenvalue weighted by molar-refractivity contribution is -0.385. The van der Waals surface area contributed by atoms with Crippen LogP contribution in [-0.4, -0.2) is 28.6 Å². The molecule has 0 fully saturated rings. The normalized spacial score (nSPS) is 13.6. The van der Waals surface area contributed by atoms with E-state index in [9.17, 15) is 20.0 Å². The summed E-state index contributed by atoms with van der Waals surface area (Å²) in [5.41, 5.74) is -0.457. The van der Waals surface area contributed by atoms with Crippen molar-refractivity contribution in [3.8, 4) is 0 Å². The van der Waals surface area contributed by atoms with Gasteiger partial charge in [0, 0.05) is 6.54 Å². The lowest BCUT2D eigenvalue weighted by Crippen LogP contribution is -2.30. The maximum atomic E-state index is 12.0. The van der Waals surface area contributed by atoms with Crippen molar-refractivity contribution >= 4 is 23.2 Å². The van der Waals surface area contributed by atoms with Crippen LogP contribution in [0.3, 0.4) is 0 Å². The summed E-state index contributed by atoms with van der Waals surface area (Å²) in [5.74, 6) is -0.478. The molecule has 6 nitrogen and oxygen atoms in total. The summed E-state index contributed by atoms with van der Waals surface area (Å²) < 4.78 is 0. The molecule has 0 spiro atoms. The summed E-state index contributed by atoms with van der Waals surface area (Å²) in [5, 5.41) is 22.7. The molecule has 2 N–H and O–H groups in total. The molecular formula is C13H17ClN2O4. The third kappa shape index (κ3) is 4.47. The molecule has 0 aliphatic heterocycles. The molecular weight excluding hydrogens is 284 g/mol. The first-order chi connectivity index (χ1) is 9.32. The van der Waals surface area contributed by atoms with Gasteiger partial charge < -0.3 is 10.4 Å². The van der Waals surface area contributed by atoms with Crippen LogP contribution in [0, 0.1) is 16.0 Å². The number of hydrogen-bond donors (Lipinski definition) is 2. The van der Waals surface area contributed by atoms with E-state index in [0.29, 0.717) is 13.0 Å². The molecule has 2 atom stereocenters. The standard InChI is InChI=1S/C13H17ClN2O4/c1-8(6-9(2)17)7-15-13(18)10-4-3-5-11(14)12(10)16(19)20/h3-5,8-9,17H,6-7H2,1-2H3,(H,15,18). The van der Waals surface area contributed by atoms with Gasteiger partial charge in [0.1, 0.15) is 10.6 Å². The number of amides is 1. The van der Waals surface area contributed by atoms with E-state index in [2.05, 4.69) is 5.32 Å². The smallest absolute Gasteiger partial charge is 0.300 e. The molecule has 1 aromatic carbocycles. The van der Waals surface area contributed by atoms with Crippen molar-refractivity contribution in [1.29, 1.82) is 0 Å². The van der Waals surface area contributed by atoms with Crippen LogP contribution in [0.2, 0.25) is 5.02 Å². The minimum atomic E-state index is -0.670. The Morgan fingerprint density at radius 3 is 2.70 bits per heavy atom. The number of halogens is 1. The Hall–Kier alpha value is -1.66. The minimum Gasteiger partial charge on any atom is -0.393 e. The molecule has 0 heterocycles. The number of nitrogens with one attached hydrogen (secondary N) is 1. The summed E-state index contributed by atoms with van der Waals surface area (Å²) in [4.78, 5) is 22.2. The number of aliphatic hydroxyl groups is 1. The van der Waals surface area contributed by atoms with Gasteiger partial charge in [-0.3, -0.25) is 14.9 Å². The number of aliphatic hydroxyl groups excluding tert-OH is 1. The van der Waals surface area contributed by atoms with E-state index in [-0.39, 0.29) is 16.5 Å². The van der Waals surface area contributed by atoms with Crippen molar-refractivity contribution < 1.29 is 14.8 Å². The molecule has 110 valence electrons. The van der Waals surface area contributed by atoms with E-state index in [0.717, 1.165) is 0 Å². The number of benzene rings is 1. The summed E-state index contributed by atoms with van der Waals surface area (Å²) >= 11 is 5.75. The lowest BCUT2D eigenvalue weighted by atomic mass is 10.0. The van der Waals surface area contributed by atoms with Gasteiger partial charge in [0.25, 0.3) is 5.91 Å². The zero-order valence-electron chi connectivity index (χ0n) is 11.3. The van der Waals surface area contributed by atoms with Crippen molar-refractivity contribution in [2.45, 2.75) is 26.4 Å². The van der Waals surface area contributed by atoms with Gasteiger partial charge in [0.05, 0.1) is 11.0 Å². The SMILES string of the molecule is CC(O)CC(C)CNC(=O)c1cccc(Cl)c1[N+](=O)[O-]. The molecule has 20 heavy (non-hydrogen) atoms. The Balaban J connectivity index is 2.78. The van der Waals surface area contributed by atoms with Gasteiger partial charge >= 0.3 is 5.69 Å². The van der Waals surface area contributed by atoms with E-state index in [1.54, 1.807) is 6.92 Å². The molecule has 0 aromatic heterocycles. The van der Waals surface area contributed by atoms with Crippen LogP contribution in [-0.2, 0) is 0 Å². The second kappa shape index (κ2) is 7.21. The molecule has 0 aliphatic rings. The number of carbonyl (C=O) groups excluding carboxylic acids is 1. The zero-order chi connectivity index (χ0) is 15.3. The highest BCUT2D eigenvalue weighted by molar-refractivity contribution is 6.33. The largest absolute Gasteiger partial charge is 0.393 e. The molecule has 1 rings (SSSR count). The number of rotatable bonds is 6. The fourth-order valence-corrected chi connectivity index (χ4v) is 2.16. The van der Waals surface area contributed by atoms with Gasteiger partial charge in [0.15, 0.2) is 0 Å². The first kappa shape index (κ1) is 16.4. The monoisotopic (exact) mass is 300 g/mol. The number of nitrogens with zero attached hydrogens (tertiary/aromatic N) is 1. The summed E-state index contributed by atoms with van der Waals surface area (Å²) in [6.07, 6.45) is 0.0835. The van der Waals surface area contributed by atoms with Crippen molar-refractivity contribution in [3.63, 3.8) is 0 Å². The molecule has 1 amide bonds. The van der Waals surface area contributed by atoms with Crippen LogP contribution >= 0.6 is 11.6 Å². The summed E-state index contributed by atoms with van der Waals surface area (Å²) in [6.45, 7) is 3.87. The van der Waals surface area contributed by atoms with Gasteiger partial charge in [-0.25, -0.2) is 0 Å². The van der Waals surface area contributed by atoms with Gasteiger partial charge in [-0.2, -0.15) is 0 Å². The Kier molecular flexibility index (Phi) is 5.91. The quantitative estimate of drug-likeness (QED) is 0.623. The molecule has 0 aliphatic carbocycles. The first-order valence-electron chi connectivity index (χ1n) is 6.22. The van der Waals surface area contributed by atoms with Crippen molar-refractivity contribution in [2.75, 3.05) is 6.54 Å². The van der Waals surface area contributed by atoms with E-state index in [1.165, 1.54) is 18.2 Å². The van der Waals surface area contributed by atoms with Crippen molar-refractivity contribution in [2.24, 2.45) is 5.92 Å². The Labute approximate surface area is 121 Å². The second-order valence-electron chi connectivity index (χ2n) is 4.79. The molecule has 1 aromatic rings. The van der Waals surface area contributed by atoms with Crippen LogP contribution in [0.4, 0.5) is 5.69 Å². The van der Waals surface area contributed by atoms with Gasteiger partial charge in [-0.05, 0) is 31.4 Å². The minimum absolute atomic E-state index is 0.0632. The fourth-order valence-electron chi connectivity index (χ4n) is 1.91. The lowest BCUT2D eigenvalue weighted by Gasteiger charge is -2.14. The highest BCUT2D eigenvalue weighted by Gasteiger charge is 2.23. The third-order valence-electron chi connectivity index (χ3n) is 2.77. The highest BCUT2D eigenvalue weighted by atomic mass is 35.5. The molecule has 0 saturated heterocycles. The topological polar surface area (TPSA) is 92.5 Å². The fraction of sp³-hybridized carbons (Fsp3) is 0.462. The number of nitro benzene ring substituents is 1. The average molecular weight is 301 g/mol. The summed E-state index contributed by atoms with van der Waals surface area (Å²) in [7, 11) is 0. The number of hydrogen-bond acceptors (Lipinski definition) is 4. The van der Waals surface area contributed by atoms with Crippen LogP contribution in [0.15, 0.2) is 18.2 Å². The number of carbonyl (C=O) groups is 1. The zero-order valence-corrected chi connectivity index (χ0v) is 12.1. The van der Waals surface area contributed by atoms with Crippen LogP contribution in [0.5, 0.6) is 0 Å². The Morgan fingerprint density at radius 2 is 2.15 bits per heavy atom. The maximum absolute atomic E-state index is 12.0. The predicted molar refractivity (Wildman–Crippen MR) is 75.9 cm³/mol. The first-order valence-corrected chi connectivity index (χ1v) is 6.60. The maximum Gasteiger partial charge on any atom is 0.300 e. The molecule has 7 heteroatoms. The molecule has 0 saturated carbocycles. The number of para-hydroxylation sites is 1. The average Bonchev–Trinajstić information content (AvgIpc) is 2.34. The van der Waals surface area contributed by atoms with Gasteiger partial charge in [0.2, 0.25) is 0 Å². The Morgan fingerprint density at radius 1 is 1.50 bits per heavy atom. The molecule has 0 radical (unpaired) electrons. The second-order valence-corrected chi connectivity index (χ2v) is 5.20. The van der Waals surface area contributed by atoms with Crippen LogP contribution in [0.25, 0.3) is 0 Å². The Bertz CT molecular complexity index is 505. The number of nitro groups is 1. The molecule has 0 bridgehead atoms. The predicted octanol–water partition coefficient (Wildman–Crippen LogP) is 2.39. The summed E-state index contributed by atoms with van der Waals surface area (Å²) in [6, 6.07) is 4.22. The van der Waals surface area contributed by atoms with Gasteiger partial charge in [-0.1, -0.05) is 24.6 Å². The van der Waals surface area contributed by atoms with E-state index < -0.39 is 22.6 Å². The van der Waals surface area contributed by atoms with Crippen LogP contribution in [0.1, 0.15) is 30.6 Å². The molecule has 2 unspecified atom stereocenters. The van der Waals surface area contributed by atoms with E-state index in [1.807, 2.05) is 6.92 Å². The van der Waals surface area contributed by atoms with E-state index >= 15 is 0 Å². The van der Waals surface area contributed by atoms with Crippen molar-refractivity contribution in [1.82, 2.24) is 5.32 Å². The highest BCUT2D eigenvalue weighted by Crippen LogP contribution is 2.28. The third-order valence-corrected chi connectivity index (χ3v) is 3.07. The van der Waals surface area contributed by atoms with E-state index in [4.69, 9.17) is 11.6 Å².